The lowest BCUT2D eigenvalue weighted by Gasteiger charge is -2.26. The van der Waals surface area contributed by atoms with Gasteiger partial charge in [0.15, 0.2) is 0 Å². The van der Waals surface area contributed by atoms with Gasteiger partial charge < -0.3 is 20.0 Å². The quantitative estimate of drug-likeness (QED) is 0.0485. The van der Waals surface area contributed by atoms with E-state index in [2.05, 4.69) is 169 Å². The number of aliphatic hydroxyl groups excluding tert-OH is 2. The van der Waals surface area contributed by atoms with E-state index in [1.54, 1.807) is 23.5 Å². The molecule has 4 unspecified atom stereocenters. The zero-order valence-corrected chi connectivity index (χ0v) is 41.3. The van der Waals surface area contributed by atoms with Crippen molar-refractivity contribution in [3.8, 4) is 0 Å². The predicted octanol–water partition coefficient (Wildman–Crippen LogP) is 14.0. The van der Waals surface area contributed by atoms with Gasteiger partial charge in [-0.25, -0.2) is 0 Å². The number of hydrogen-bond acceptors (Lipinski definition) is 10. The van der Waals surface area contributed by atoms with Gasteiger partial charge in [-0.05, 0) is 108 Å². The Morgan fingerprint density at radius 2 is 0.600 bits per heavy atom. The molecule has 0 radical (unpaired) electrons. The van der Waals surface area contributed by atoms with E-state index in [-0.39, 0.29) is 10.5 Å². The van der Waals surface area contributed by atoms with E-state index in [1.165, 1.54) is 0 Å². The molecule has 0 aliphatic carbocycles. The van der Waals surface area contributed by atoms with Crippen molar-refractivity contribution in [1.82, 2.24) is 0 Å². The van der Waals surface area contributed by atoms with Gasteiger partial charge in [0, 0.05) is 56.1 Å². The summed E-state index contributed by atoms with van der Waals surface area (Å²) in [5.41, 5.74) is 10.1. The maximum atomic E-state index is 11.4. The van der Waals surface area contributed by atoms with Crippen molar-refractivity contribution in [3.63, 3.8) is 0 Å². The summed E-state index contributed by atoms with van der Waals surface area (Å²) >= 11 is 3.48. The average Bonchev–Trinajstić information content (AvgIpc) is 3.42. The van der Waals surface area contributed by atoms with Crippen LogP contribution in [0.15, 0.2) is 241 Å². The Morgan fingerprint density at radius 1 is 0.357 bits per heavy atom. The number of benzene rings is 8. The van der Waals surface area contributed by atoms with Gasteiger partial charge in [0.25, 0.3) is 0 Å². The van der Waals surface area contributed by atoms with Gasteiger partial charge in [-0.1, -0.05) is 147 Å². The van der Waals surface area contributed by atoms with Crippen molar-refractivity contribution < 1.29 is 10.2 Å². The van der Waals surface area contributed by atoms with Crippen molar-refractivity contribution in [3.05, 3.63) is 242 Å². The minimum Gasteiger partial charge on any atom is -0.390 e. The molecule has 0 aliphatic heterocycles. The summed E-state index contributed by atoms with van der Waals surface area (Å²) in [5.74, 6) is 1.09. The summed E-state index contributed by atoms with van der Waals surface area (Å²) in [6, 6.07) is 78.1. The van der Waals surface area contributed by atoms with Crippen LogP contribution in [0, 0.1) is 0 Å². The maximum absolute atomic E-state index is 11.4. The second kappa shape index (κ2) is 25.5. The summed E-state index contributed by atoms with van der Waals surface area (Å²) < 4.78 is 0. The Bertz CT molecular complexity index is 2520. The highest BCUT2D eigenvalue weighted by molar-refractivity contribution is 8.03. The van der Waals surface area contributed by atoms with E-state index >= 15 is 0 Å². The molecule has 8 aromatic rings. The molecule has 354 valence electrons. The molecule has 8 nitrogen and oxygen atoms in total. The first-order chi connectivity index (χ1) is 34.4. The zero-order chi connectivity index (χ0) is 48.3. The van der Waals surface area contributed by atoms with Gasteiger partial charge >= 0.3 is 0 Å². The van der Waals surface area contributed by atoms with Crippen molar-refractivity contribution in [2.75, 3.05) is 44.4 Å². The van der Waals surface area contributed by atoms with E-state index < -0.39 is 12.2 Å². The van der Waals surface area contributed by atoms with Crippen molar-refractivity contribution in [2.45, 2.75) is 36.6 Å². The SMILES string of the molecule is CC(SCC(O)CN(N=Cc1ccc(N(c2ccccc2)c2ccccc2)cc1)c1ccccc1)C(C)SCC(O)CN(N=Cc1ccc(N(c2ccccc2)c2ccccc2)cc1)c1ccccc1. The summed E-state index contributed by atoms with van der Waals surface area (Å²) in [5, 5.41) is 36.8. The summed E-state index contributed by atoms with van der Waals surface area (Å²) in [6.45, 7) is 5.07. The highest BCUT2D eigenvalue weighted by atomic mass is 32.2. The second-order valence-corrected chi connectivity index (χ2v) is 19.7. The molecular formula is C60H60N6O2S2. The number of thioether (sulfide) groups is 2. The topological polar surface area (TPSA) is 78.1 Å². The van der Waals surface area contributed by atoms with E-state index in [0.29, 0.717) is 24.6 Å². The Labute approximate surface area is 422 Å². The largest absolute Gasteiger partial charge is 0.390 e. The third kappa shape index (κ3) is 14.0. The molecule has 0 saturated carbocycles. The molecule has 0 spiro atoms. The minimum absolute atomic E-state index is 0.233. The molecular weight excluding hydrogens is 901 g/mol. The smallest absolute Gasteiger partial charge is 0.0826 e. The molecule has 0 bridgehead atoms. The number of aliphatic hydroxyl groups is 2. The lowest BCUT2D eigenvalue weighted by atomic mass is 10.1. The van der Waals surface area contributed by atoms with Crippen LogP contribution in [0.2, 0.25) is 0 Å². The number of hydrazone groups is 2. The van der Waals surface area contributed by atoms with Gasteiger partial charge in [0.05, 0.1) is 49.1 Å². The van der Waals surface area contributed by atoms with Gasteiger partial charge in [-0.3, -0.25) is 10.0 Å². The molecule has 4 atom stereocenters. The summed E-state index contributed by atoms with van der Waals surface area (Å²) in [4.78, 5) is 4.47. The molecule has 10 heteroatoms. The lowest BCUT2D eigenvalue weighted by Crippen LogP contribution is -2.32. The highest BCUT2D eigenvalue weighted by Crippen LogP contribution is 2.36. The van der Waals surface area contributed by atoms with Gasteiger partial charge in [0.2, 0.25) is 0 Å². The first-order valence-corrected chi connectivity index (χ1v) is 25.8. The molecule has 70 heavy (non-hydrogen) atoms. The predicted molar refractivity (Wildman–Crippen MR) is 301 cm³/mol. The van der Waals surface area contributed by atoms with Crippen molar-refractivity contribution >= 4 is 81.5 Å². The molecule has 0 heterocycles. The fourth-order valence-corrected chi connectivity index (χ4v) is 10.1. The fraction of sp³-hybridized carbons (Fsp3) is 0.167. The van der Waals surface area contributed by atoms with Crippen molar-refractivity contribution in [2.24, 2.45) is 10.2 Å². The maximum Gasteiger partial charge on any atom is 0.0826 e. The second-order valence-electron chi connectivity index (χ2n) is 16.9. The third-order valence-electron chi connectivity index (χ3n) is 11.7. The molecule has 0 aromatic heterocycles. The van der Waals surface area contributed by atoms with Crippen LogP contribution < -0.4 is 19.8 Å². The standard InChI is InChI=1S/C60H60N6O2S2/c1-47(69-45-59(67)43-63(51-21-9-3-10-22-51)61-41-49-33-37-57(38-34-49)65(53-25-13-5-14-26-53)54-27-15-6-16-28-54)48(2)70-46-60(68)44-64(52-23-11-4-12-24-52)62-42-50-35-39-58(40-36-50)66(55-29-17-7-18-30-55)56-31-19-8-20-32-56/h3-42,47-48,59-60,67-68H,43-46H2,1-2H3. The fourth-order valence-electron chi connectivity index (χ4n) is 7.83. The normalized spacial score (nSPS) is 13.1. The minimum atomic E-state index is -0.625. The van der Waals surface area contributed by atoms with Crippen molar-refractivity contribution in [1.29, 1.82) is 0 Å². The number of hydrogen-bond donors (Lipinski definition) is 2. The average molecular weight is 961 g/mol. The van der Waals surface area contributed by atoms with E-state index in [0.717, 1.165) is 56.6 Å². The first-order valence-electron chi connectivity index (χ1n) is 23.7. The zero-order valence-electron chi connectivity index (χ0n) is 39.6. The van der Waals surface area contributed by atoms with Crippen LogP contribution in [0.5, 0.6) is 0 Å². The van der Waals surface area contributed by atoms with Crippen LogP contribution in [0.4, 0.5) is 45.5 Å². The molecule has 8 aromatic carbocycles. The molecule has 2 N–H and O–H groups in total. The van der Waals surface area contributed by atoms with Gasteiger partial charge in [-0.2, -0.15) is 33.7 Å². The van der Waals surface area contributed by atoms with Crippen LogP contribution in [0.25, 0.3) is 0 Å². The van der Waals surface area contributed by atoms with E-state index in [9.17, 15) is 10.2 Å². The highest BCUT2D eigenvalue weighted by Gasteiger charge is 2.21. The molecule has 0 saturated heterocycles. The third-order valence-corrected chi connectivity index (χ3v) is 14.9. The number of anilines is 8. The monoisotopic (exact) mass is 960 g/mol. The van der Waals surface area contributed by atoms with Crippen LogP contribution in [0.3, 0.4) is 0 Å². The van der Waals surface area contributed by atoms with E-state index in [1.807, 2.05) is 107 Å². The summed E-state index contributed by atoms with van der Waals surface area (Å²) in [7, 11) is 0. The van der Waals surface area contributed by atoms with Crippen LogP contribution >= 0.6 is 23.5 Å². The Balaban J connectivity index is 0.844. The molecule has 0 aliphatic rings. The number of nitrogens with zero attached hydrogens (tertiary/aromatic N) is 6. The van der Waals surface area contributed by atoms with E-state index in [4.69, 9.17) is 10.2 Å². The molecule has 8 rings (SSSR count). The Hall–Kier alpha value is -7.08. The molecule has 0 amide bonds. The number of rotatable bonds is 23. The summed E-state index contributed by atoms with van der Waals surface area (Å²) in [6.07, 6.45) is 2.46. The lowest BCUT2D eigenvalue weighted by molar-refractivity contribution is 0.204. The Morgan fingerprint density at radius 3 is 0.871 bits per heavy atom. The van der Waals surface area contributed by atoms with Crippen LogP contribution in [-0.4, -0.2) is 69.9 Å². The number of para-hydroxylation sites is 6. The van der Waals surface area contributed by atoms with Crippen LogP contribution in [0.1, 0.15) is 25.0 Å². The first kappa shape index (κ1) is 49.3. The Kier molecular flexibility index (Phi) is 18.0. The molecule has 0 fully saturated rings. The van der Waals surface area contributed by atoms with Gasteiger partial charge in [0.1, 0.15) is 0 Å². The van der Waals surface area contributed by atoms with Gasteiger partial charge in [-0.15, -0.1) is 0 Å². The van der Waals surface area contributed by atoms with Crippen LogP contribution in [-0.2, 0) is 0 Å².